The van der Waals surface area contributed by atoms with Gasteiger partial charge in [0.2, 0.25) is 0 Å². The molecule has 1 aromatic heterocycles. The van der Waals surface area contributed by atoms with Crippen molar-refractivity contribution in [1.29, 1.82) is 0 Å². The van der Waals surface area contributed by atoms with Gasteiger partial charge in [-0.15, -0.1) is 0 Å². The highest BCUT2D eigenvalue weighted by atomic mass is 35.5. The van der Waals surface area contributed by atoms with Crippen molar-refractivity contribution in [1.82, 2.24) is 4.98 Å². The van der Waals surface area contributed by atoms with Crippen LogP contribution < -0.4 is 20.5 Å². The summed E-state index contributed by atoms with van der Waals surface area (Å²) in [6.45, 7) is 0. The Morgan fingerprint density at radius 3 is 2.62 bits per heavy atom. The lowest BCUT2D eigenvalue weighted by Crippen LogP contribution is -2.15. The summed E-state index contributed by atoms with van der Waals surface area (Å²) in [7, 11) is 2.98. The number of hydrogen-bond acceptors (Lipinski definition) is 5. The first-order valence-corrected chi connectivity index (χ1v) is 6.38. The predicted octanol–water partition coefficient (Wildman–Crippen LogP) is 2.59. The van der Waals surface area contributed by atoms with E-state index < -0.39 is 5.91 Å². The van der Waals surface area contributed by atoms with Crippen molar-refractivity contribution in [3.05, 3.63) is 41.0 Å². The van der Waals surface area contributed by atoms with E-state index >= 15 is 0 Å². The smallest absolute Gasteiger partial charge is 0.259 e. The van der Waals surface area contributed by atoms with Crippen LogP contribution in [0.25, 0.3) is 0 Å². The molecule has 2 rings (SSSR count). The summed E-state index contributed by atoms with van der Waals surface area (Å²) >= 11 is 6.05. The van der Waals surface area contributed by atoms with Gasteiger partial charge in [-0.3, -0.25) is 4.79 Å². The summed E-state index contributed by atoms with van der Waals surface area (Å²) in [4.78, 5) is 16.1. The number of nitrogens with two attached hydrogens (primary N) is 1. The van der Waals surface area contributed by atoms with Crippen LogP contribution in [-0.2, 0) is 0 Å². The maximum Gasteiger partial charge on any atom is 0.259 e. The van der Waals surface area contributed by atoms with Gasteiger partial charge in [0.15, 0.2) is 0 Å². The van der Waals surface area contributed by atoms with Gasteiger partial charge in [0.05, 0.1) is 30.5 Å². The SMILES string of the molecule is COc1cc(OC)c(NC(=O)c2cccnc2N)cc1Cl. The third-order valence-corrected chi connectivity index (χ3v) is 3.10. The number of carbonyl (C=O) groups excluding carboxylic acids is 1. The van der Waals surface area contributed by atoms with Crippen LogP contribution in [-0.4, -0.2) is 25.1 Å². The number of nitrogens with zero attached hydrogens (tertiary/aromatic N) is 1. The molecule has 0 atom stereocenters. The minimum atomic E-state index is -0.403. The van der Waals surface area contributed by atoms with Crippen LogP contribution in [0.15, 0.2) is 30.5 Å². The Bertz CT molecular complexity index is 677. The van der Waals surface area contributed by atoms with Gasteiger partial charge in [0.1, 0.15) is 17.3 Å². The largest absolute Gasteiger partial charge is 0.495 e. The average molecular weight is 308 g/mol. The summed E-state index contributed by atoms with van der Waals surface area (Å²) < 4.78 is 10.3. The monoisotopic (exact) mass is 307 g/mol. The Kier molecular flexibility index (Phi) is 4.49. The first-order chi connectivity index (χ1) is 10.1. The molecule has 0 fully saturated rings. The van der Waals surface area contributed by atoms with Crippen molar-refractivity contribution in [3.8, 4) is 11.5 Å². The second-order valence-corrected chi connectivity index (χ2v) is 4.48. The van der Waals surface area contributed by atoms with Crippen LogP contribution in [0.2, 0.25) is 5.02 Å². The topological polar surface area (TPSA) is 86.5 Å². The lowest BCUT2D eigenvalue weighted by atomic mass is 10.2. The van der Waals surface area contributed by atoms with Crippen LogP contribution in [0, 0.1) is 0 Å². The summed E-state index contributed by atoms with van der Waals surface area (Å²) in [5.41, 5.74) is 6.36. The van der Waals surface area contributed by atoms with Crippen LogP contribution in [0.1, 0.15) is 10.4 Å². The number of nitrogen functional groups attached to an aromatic ring is 1. The molecule has 110 valence electrons. The van der Waals surface area contributed by atoms with Gasteiger partial charge in [-0.1, -0.05) is 11.6 Å². The number of amides is 1. The number of aromatic nitrogens is 1. The first kappa shape index (κ1) is 14.9. The van der Waals surface area contributed by atoms with Gasteiger partial charge in [-0.2, -0.15) is 0 Å². The lowest BCUT2D eigenvalue weighted by Gasteiger charge is -2.13. The molecule has 7 heteroatoms. The lowest BCUT2D eigenvalue weighted by molar-refractivity contribution is 0.102. The zero-order chi connectivity index (χ0) is 15.4. The fourth-order valence-electron chi connectivity index (χ4n) is 1.76. The van der Waals surface area contributed by atoms with Crippen molar-refractivity contribution in [2.45, 2.75) is 0 Å². The molecule has 3 N–H and O–H groups in total. The molecule has 0 aliphatic carbocycles. The minimum absolute atomic E-state index is 0.147. The second-order valence-electron chi connectivity index (χ2n) is 4.08. The standard InChI is InChI=1S/C14H14ClN3O3/c1-20-11-7-12(21-2)10(6-9(11)15)18-14(19)8-4-3-5-17-13(8)16/h3-7H,1-2H3,(H2,16,17)(H,18,19). The van der Waals surface area contributed by atoms with Crippen LogP contribution in [0.4, 0.5) is 11.5 Å². The number of halogens is 1. The van der Waals surface area contributed by atoms with E-state index in [1.54, 1.807) is 24.3 Å². The van der Waals surface area contributed by atoms with E-state index in [4.69, 9.17) is 26.8 Å². The molecule has 2 aromatic rings. The molecule has 0 spiro atoms. The Hall–Kier alpha value is -2.47. The van der Waals surface area contributed by atoms with Gasteiger partial charge >= 0.3 is 0 Å². The maximum absolute atomic E-state index is 12.2. The molecule has 0 radical (unpaired) electrons. The zero-order valence-corrected chi connectivity index (χ0v) is 12.3. The number of methoxy groups -OCH3 is 2. The number of benzene rings is 1. The van der Waals surface area contributed by atoms with Crippen LogP contribution >= 0.6 is 11.6 Å². The molecule has 0 aliphatic heterocycles. The van der Waals surface area contributed by atoms with Crippen molar-refractivity contribution in [2.75, 3.05) is 25.3 Å². The molecule has 0 unspecified atom stereocenters. The quantitative estimate of drug-likeness (QED) is 0.906. The average Bonchev–Trinajstić information content (AvgIpc) is 2.48. The molecular formula is C14H14ClN3O3. The molecule has 6 nitrogen and oxygen atoms in total. The van der Waals surface area contributed by atoms with E-state index in [-0.39, 0.29) is 11.4 Å². The molecular weight excluding hydrogens is 294 g/mol. The molecule has 1 aromatic carbocycles. The van der Waals surface area contributed by atoms with E-state index in [0.29, 0.717) is 22.2 Å². The molecule has 0 saturated carbocycles. The fourth-order valence-corrected chi connectivity index (χ4v) is 2.00. The number of carbonyl (C=O) groups is 1. The van der Waals surface area contributed by atoms with Gasteiger partial charge in [0, 0.05) is 12.3 Å². The van der Waals surface area contributed by atoms with Crippen LogP contribution in [0.5, 0.6) is 11.5 Å². The number of nitrogens with one attached hydrogen (secondary N) is 1. The highest BCUT2D eigenvalue weighted by molar-refractivity contribution is 6.32. The number of hydrogen-bond donors (Lipinski definition) is 2. The molecule has 21 heavy (non-hydrogen) atoms. The van der Waals surface area contributed by atoms with E-state index in [9.17, 15) is 4.79 Å². The number of ether oxygens (including phenoxy) is 2. The number of rotatable bonds is 4. The van der Waals surface area contributed by atoms with Gasteiger partial charge < -0.3 is 20.5 Å². The second kappa shape index (κ2) is 6.32. The third kappa shape index (κ3) is 3.17. The Morgan fingerprint density at radius 2 is 2.00 bits per heavy atom. The molecule has 1 amide bonds. The third-order valence-electron chi connectivity index (χ3n) is 2.81. The van der Waals surface area contributed by atoms with Crippen molar-refractivity contribution >= 4 is 29.0 Å². The summed E-state index contributed by atoms with van der Waals surface area (Å²) in [5, 5.41) is 3.04. The number of pyridine rings is 1. The molecule has 1 heterocycles. The van der Waals surface area contributed by atoms with Gasteiger partial charge in [-0.25, -0.2) is 4.98 Å². The highest BCUT2D eigenvalue weighted by Crippen LogP contribution is 2.36. The Morgan fingerprint density at radius 1 is 1.29 bits per heavy atom. The first-order valence-electron chi connectivity index (χ1n) is 6.00. The predicted molar refractivity (Wildman–Crippen MR) is 81.2 cm³/mol. The normalized spacial score (nSPS) is 10.0. The highest BCUT2D eigenvalue weighted by Gasteiger charge is 2.15. The van der Waals surface area contributed by atoms with Gasteiger partial charge in [-0.05, 0) is 18.2 Å². The number of anilines is 2. The summed E-state index contributed by atoms with van der Waals surface area (Å²) in [6, 6.07) is 6.34. The summed E-state index contributed by atoms with van der Waals surface area (Å²) in [5.74, 6) is 0.619. The van der Waals surface area contributed by atoms with Crippen molar-refractivity contribution in [2.24, 2.45) is 0 Å². The van der Waals surface area contributed by atoms with E-state index in [1.165, 1.54) is 20.4 Å². The van der Waals surface area contributed by atoms with Crippen molar-refractivity contribution in [3.63, 3.8) is 0 Å². The van der Waals surface area contributed by atoms with E-state index in [1.807, 2.05) is 0 Å². The molecule has 0 saturated heterocycles. The Labute approximate surface area is 126 Å². The van der Waals surface area contributed by atoms with E-state index in [2.05, 4.69) is 10.3 Å². The fraction of sp³-hybridized carbons (Fsp3) is 0.143. The molecule has 0 bridgehead atoms. The summed E-state index contributed by atoms with van der Waals surface area (Å²) in [6.07, 6.45) is 1.51. The van der Waals surface area contributed by atoms with Crippen molar-refractivity contribution < 1.29 is 14.3 Å². The van der Waals surface area contributed by atoms with Crippen LogP contribution in [0.3, 0.4) is 0 Å². The minimum Gasteiger partial charge on any atom is -0.495 e. The van der Waals surface area contributed by atoms with Gasteiger partial charge in [0.25, 0.3) is 5.91 Å². The molecule has 0 aliphatic rings. The van der Waals surface area contributed by atoms with E-state index in [0.717, 1.165) is 0 Å². The maximum atomic E-state index is 12.2. The Balaban J connectivity index is 2.33. The zero-order valence-electron chi connectivity index (χ0n) is 11.5.